The van der Waals surface area contributed by atoms with E-state index in [4.69, 9.17) is 17.0 Å². The van der Waals surface area contributed by atoms with Gasteiger partial charge in [-0.05, 0) is 73.8 Å². The number of nitrogens with zero attached hydrogens (tertiary/aromatic N) is 4. The lowest BCUT2D eigenvalue weighted by Crippen LogP contribution is -2.35. The number of aliphatic imine (C=N–C) groups is 1. The highest BCUT2D eigenvalue weighted by molar-refractivity contribution is 8.45. The number of hydrazone groups is 1. The summed E-state index contributed by atoms with van der Waals surface area (Å²) in [5.41, 5.74) is 4.06. The summed E-state index contributed by atoms with van der Waals surface area (Å²) in [5.74, 6) is -0.375. The number of amidine groups is 2. The van der Waals surface area contributed by atoms with Gasteiger partial charge in [0.15, 0.2) is 10.2 Å². The fourth-order valence-electron chi connectivity index (χ4n) is 3.13. The fourth-order valence-corrected chi connectivity index (χ4v) is 4.61. The normalized spacial score (nSPS) is 17.9. The topological polar surface area (TPSA) is 73.8 Å². The summed E-state index contributed by atoms with van der Waals surface area (Å²) in [5, 5.41) is 15.3. The van der Waals surface area contributed by atoms with E-state index in [-0.39, 0.29) is 11.4 Å². The van der Waals surface area contributed by atoms with Gasteiger partial charge in [-0.1, -0.05) is 11.6 Å². The number of carbonyl (C=O) groups is 1. The molecular weight excluding hydrogens is 414 g/mol. The number of amides is 1. The molecule has 1 amide bonds. The van der Waals surface area contributed by atoms with E-state index in [1.165, 1.54) is 28.5 Å². The van der Waals surface area contributed by atoms with Gasteiger partial charge in [0.2, 0.25) is 5.17 Å². The minimum absolute atomic E-state index is 0.0443. The molecule has 2 aromatic rings. The molecule has 0 fully saturated rings. The van der Waals surface area contributed by atoms with Crippen LogP contribution in [0.4, 0.5) is 0 Å². The van der Waals surface area contributed by atoms with Crippen molar-refractivity contribution in [2.75, 3.05) is 6.26 Å². The molecule has 142 valence electrons. The Kier molecular flexibility index (Phi) is 4.95. The number of carbonyl (C=O) groups excluding carboxylic acids is 1. The van der Waals surface area contributed by atoms with Gasteiger partial charge in [0, 0.05) is 22.1 Å². The van der Waals surface area contributed by atoms with E-state index in [2.05, 4.69) is 14.7 Å². The van der Waals surface area contributed by atoms with Crippen LogP contribution >= 0.6 is 35.1 Å². The van der Waals surface area contributed by atoms with Gasteiger partial charge >= 0.3 is 0 Å². The Balaban J connectivity index is 1.75. The minimum atomic E-state index is -0.419. The molecule has 0 spiro atoms. The van der Waals surface area contributed by atoms with Crippen LogP contribution in [0.5, 0.6) is 0 Å². The lowest BCUT2D eigenvalue weighted by Gasteiger charge is -2.20. The van der Waals surface area contributed by atoms with Crippen LogP contribution in [0.3, 0.4) is 0 Å². The number of rotatable bonds is 2. The molecule has 0 atom stereocenters. The van der Waals surface area contributed by atoms with Crippen molar-refractivity contribution >= 4 is 62.5 Å². The predicted octanol–water partition coefficient (Wildman–Crippen LogP) is 4.69. The molecule has 9 heteroatoms. The molecule has 0 saturated carbocycles. The second-order valence-electron chi connectivity index (χ2n) is 6.23. The number of halogens is 1. The first-order valence-electron chi connectivity index (χ1n) is 8.38. The number of thioether (sulfide) groups is 2. The van der Waals surface area contributed by atoms with E-state index in [1.807, 2.05) is 50.4 Å². The standard InChI is InChI=1S/C19H16ClN5OS2/c1-10-8-12(11(2)24(10)14-6-4-13(20)5-7-14)9-15-16(21)25-18(22-17(15)26)28-19(23-25)27-3/h4-9,21H,1-3H3/b15-9-,21-16?. The lowest BCUT2D eigenvalue weighted by molar-refractivity contribution is -0.114. The Morgan fingerprint density at radius 2 is 1.96 bits per heavy atom. The summed E-state index contributed by atoms with van der Waals surface area (Å²) >= 11 is 8.77. The van der Waals surface area contributed by atoms with E-state index < -0.39 is 5.91 Å². The molecule has 1 aromatic carbocycles. The summed E-state index contributed by atoms with van der Waals surface area (Å²) in [6.07, 6.45) is 3.62. The third-order valence-electron chi connectivity index (χ3n) is 4.47. The second-order valence-corrected chi connectivity index (χ2v) is 8.67. The Morgan fingerprint density at radius 3 is 2.64 bits per heavy atom. The summed E-state index contributed by atoms with van der Waals surface area (Å²) in [6, 6.07) is 9.58. The number of aromatic nitrogens is 1. The molecule has 0 aliphatic carbocycles. The molecule has 3 heterocycles. The first kappa shape index (κ1) is 19.0. The predicted molar refractivity (Wildman–Crippen MR) is 119 cm³/mol. The maximum Gasteiger partial charge on any atom is 0.283 e. The highest BCUT2D eigenvalue weighted by atomic mass is 35.5. The highest BCUT2D eigenvalue weighted by Gasteiger charge is 2.35. The van der Waals surface area contributed by atoms with Crippen molar-refractivity contribution in [2.45, 2.75) is 13.8 Å². The zero-order valence-corrected chi connectivity index (χ0v) is 17.7. The maximum absolute atomic E-state index is 12.5. The van der Waals surface area contributed by atoms with Crippen LogP contribution in [-0.4, -0.2) is 37.1 Å². The average molecular weight is 430 g/mol. The van der Waals surface area contributed by atoms with E-state index >= 15 is 0 Å². The second kappa shape index (κ2) is 7.27. The van der Waals surface area contributed by atoms with Crippen LogP contribution in [0, 0.1) is 19.3 Å². The molecule has 0 saturated heterocycles. The van der Waals surface area contributed by atoms with Crippen molar-refractivity contribution in [3.05, 3.63) is 57.9 Å². The zero-order chi connectivity index (χ0) is 20.0. The highest BCUT2D eigenvalue weighted by Crippen LogP contribution is 2.32. The fraction of sp³-hybridized carbons (Fsp3) is 0.158. The van der Waals surface area contributed by atoms with Crippen LogP contribution in [0.1, 0.15) is 17.0 Å². The van der Waals surface area contributed by atoms with Gasteiger partial charge in [-0.25, -0.2) is 0 Å². The van der Waals surface area contributed by atoms with Gasteiger partial charge in [-0.2, -0.15) is 10.0 Å². The van der Waals surface area contributed by atoms with E-state index in [0.717, 1.165) is 27.0 Å². The number of nitrogens with one attached hydrogen (secondary N) is 1. The lowest BCUT2D eigenvalue weighted by atomic mass is 10.1. The first-order chi connectivity index (χ1) is 13.4. The number of aryl methyl sites for hydroxylation is 1. The number of fused-ring (bicyclic) bond motifs is 1. The minimum Gasteiger partial charge on any atom is -0.318 e. The largest absolute Gasteiger partial charge is 0.318 e. The van der Waals surface area contributed by atoms with Crippen molar-refractivity contribution in [3.63, 3.8) is 0 Å². The van der Waals surface area contributed by atoms with E-state index in [0.29, 0.717) is 10.2 Å². The Morgan fingerprint density at radius 1 is 1.25 bits per heavy atom. The van der Waals surface area contributed by atoms with Crippen LogP contribution < -0.4 is 0 Å². The number of hydrogen-bond donors (Lipinski definition) is 1. The van der Waals surface area contributed by atoms with Gasteiger partial charge in [0.25, 0.3) is 5.91 Å². The van der Waals surface area contributed by atoms with Crippen LogP contribution in [-0.2, 0) is 4.79 Å². The average Bonchev–Trinajstić information content (AvgIpc) is 3.20. The molecule has 0 unspecified atom stereocenters. The van der Waals surface area contributed by atoms with Crippen molar-refractivity contribution in [3.8, 4) is 5.69 Å². The van der Waals surface area contributed by atoms with Gasteiger partial charge < -0.3 is 4.57 Å². The Labute approximate surface area is 175 Å². The first-order valence-corrected chi connectivity index (χ1v) is 10.8. The number of benzene rings is 1. The maximum atomic E-state index is 12.5. The Bertz CT molecular complexity index is 1100. The van der Waals surface area contributed by atoms with Crippen LogP contribution in [0.15, 0.2) is 46.0 Å². The summed E-state index contributed by atoms with van der Waals surface area (Å²) in [7, 11) is 0. The number of hydrogen-bond acceptors (Lipinski definition) is 5. The smallest absolute Gasteiger partial charge is 0.283 e. The molecule has 2 aliphatic rings. The Hall–Kier alpha value is -2.29. The van der Waals surface area contributed by atoms with Crippen LogP contribution in [0.25, 0.3) is 11.8 Å². The molecular formula is C19H16ClN5OS2. The molecule has 0 radical (unpaired) electrons. The quantitative estimate of drug-likeness (QED) is 0.703. The van der Waals surface area contributed by atoms with Crippen LogP contribution in [0.2, 0.25) is 5.02 Å². The summed E-state index contributed by atoms with van der Waals surface area (Å²) in [4.78, 5) is 16.6. The van der Waals surface area contributed by atoms with Gasteiger partial charge in [-0.15, -0.1) is 16.9 Å². The molecule has 28 heavy (non-hydrogen) atoms. The summed E-state index contributed by atoms with van der Waals surface area (Å²) < 4.78 is 2.85. The van der Waals surface area contributed by atoms with Gasteiger partial charge in [0.05, 0.1) is 5.57 Å². The molecule has 6 nitrogen and oxygen atoms in total. The van der Waals surface area contributed by atoms with Crippen molar-refractivity contribution in [1.82, 2.24) is 9.58 Å². The van der Waals surface area contributed by atoms with Crippen molar-refractivity contribution in [1.29, 1.82) is 5.41 Å². The zero-order valence-electron chi connectivity index (χ0n) is 15.4. The SMILES string of the molecule is CSC1=NN2C(=N)/C(=C/c3cc(C)n(-c4ccc(Cl)cc4)c3C)C(=O)N=C2S1. The summed E-state index contributed by atoms with van der Waals surface area (Å²) in [6.45, 7) is 3.98. The molecule has 1 aromatic heterocycles. The van der Waals surface area contributed by atoms with E-state index in [1.54, 1.807) is 6.08 Å². The monoisotopic (exact) mass is 429 g/mol. The van der Waals surface area contributed by atoms with Crippen molar-refractivity contribution < 1.29 is 4.79 Å². The third-order valence-corrected chi connectivity index (χ3v) is 6.60. The van der Waals surface area contributed by atoms with Gasteiger partial charge in [-0.3, -0.25) is 10.2 Å². The third kappa shape index (κ3) is 3.21. The van der Waals surface area contributed by atoms with Crippen molar-refractivity contribution in [2.24, 2.45) is 10.1 Å². The molecule has 4 rings (SSSR count). The molecule has 2 aliphatic heterocycles. The van der Waals surface area contributed by atoms with Gasteiger partial charge in [0.1, 0.15) is 0 Å². The molecule has 1 N–H and O–H groups in total. The van der Waals surface area contributed by atoms with E-state index in [9.17, 15) is 4.79 Å². The molecule has 0 bridgehead atoms.